The van der Waals surface area contributed by atoms with E-state index in [1.807, 2.05) is 37.3 Å². The molecule has 4 heteroatoms. The number of hydrogen-bond donors (Lipinski definition) is 1. The van der Waals surface area contributed by atoms with Gasteiger partial charge in [-0.3, -0.25) is 0 Å². The number of rotatable bonds is 5. The molecule has 0 bridgehead atoms. The summed E-state index contributed by atoms with van der Waals surface area (Å²) in [6.45, 7) is 2.60. The second-order valence-corrected chi connectivity index (χ2v) is 5.31. The molecule has 0 aromatic heterocycles. The first-order chi connectivity index (χ1) is 9.16. The number of anilines is 1. The van der Waals surface area contributed by atoms with Gasteiger partial charge >= 0.3 is 0 Å². The Morgan fingerprint density at radius 3 is 2.74 bits per heavy atom. The highest BCUT2D eigenvalue weighted by molar-refractivity contribution is 7.99. The highest BCUT2D eigenvalue weighted by Crippen LogP contribution is 2.22. The van der Waals surface area contributed by atoms with Crippen LogP contribution >= 0.6 is 11.8 Å². The molecule has 0 saturated heterocycles. The van der Waals surface area contributed by atoms with Crippen LogP contribution in [-0.2, 0) is 0 Å². The quantitative estimate of drug-likeness (QED) is 0.511. The Labute approximate surface area is 116 Å². The smallest absolute Gasteiger partial charge is 0.147 e. The summed E-state index contributed by atoms with van der Waals surface area (Å²) in [6.07, 6.45) is 0. The van der Waals surface area contributed by atoms with Crippen LogP contribution in [0.2, 0.25) is 0 Å². The van der Waals surface area contributed by atoms with Crippen LogP contribution in [0.1, 0.15) is 5.56 Å². The van der Waals surface area contributed by atoms with E-state index in [1.54, 1.807) is 17.8 Å². The maximum atomic E-state index is 13.2. The molecule has 0 unspecified atom stereocenters. The minimum atomic E-state index is -0.371. The first kappa shape index (κ1) is 13.7. The second kappa shape index (κ2) is 6.48. The van der Waals surface area contributed by atoms with E-state index in [1.165, 1.54) is 6.07 Å². The van der Waals surface area contributed by atoms with Gasteiger partial charge in [-0.2, -0.15) is 0 Å². The summed E-state index contributed by atoms with van der Waals surface area (Å²) in [5, 5.41) is 0. The van der Waals surface area contributed by atoms with Gasteiger partial charge in [-0.1, -0.05) is 18.2 Å². The molecular formula is C15H16FNOS. The Balaban J connectivity index is 1.81. The highest BCUT2D eigenvalue weighted by atomic mass is 32.2. The van der Waals surface area contributed by atoms with Crippen LogP contribution in [0, 0.1) is 12.7 Å². The number of aryl methyl sites for hydroxylation is 1. The third-order valence-electron chi connectivity index (χ3n) is 2.68. The van der Waals surface area contributed by atoms with Crippen LogP contribution in [0.25, 0.3) is 0 Å². The third kappa shape index (κ3) is 3.89. The lowest BCUT2D eigenvalue weighted by Crippen LogP contribution is -2.01. The lowest BCUT2D eigenvalue weighted by atomic mass is 10.2. The molecule has 0 aliphatic carbocycles. The number of thioether (sulfide) groups is 1. The average molecular weight is 277 g/mol. The molecule has 0 saturated carbocycles. The van der Waals surface area contributed by atoms with E-state index < -0.39 is 0 Å². The number of para-hydroxylation sites is 1. The Morgan fingerprint density at radius 2 is 2.00 bits per heavy atom. The summed E-state index contributed by atoms with van der Waals surface area (Å²) in [4.78, 5) is 0.861. The fraction of sp³-hybridized carbons (Fsp3) is 0.200. The van der Waals surface area contributed by atoms with Gasteiger partial charge in [-0.15, -0.1) is 11.8 Å². The molecule has 2 nitrogen and oxygen atoms in total. The Kier molecular flexibility index (Phi) is 4.68. The maximum absolute atomic E-state index is 13.2. The van der Waals surface area contributed by atoms with Crippen molar-refractivity contribution in [1.82, 2.24) is 0 Å². The monoisotopic (exact) mass is 277 g/mol. The predicted octanol–water partition coefficient (Wildman–Crippen LogP) is 3.89. The second-order valence-electron chi connectivity index (χ2n) is 4.15. The van der Waals surface area contributed by atoms with E-state index in [4.69, 9.17) is 10.5 Å². The van der Waals surface area contributed by atoms with Gasteiger partial charge < -0.3 is 10.5 Å². The molecule has 0 radical (unpaired) electrons. The van der Waals surface area contributed by atoms with Gasteiger partial charge in [-0.25, -0.2) is 4.39 Å². The molecule has 0 fully saturated rings. The lowest BCUT2D eigenvalue weighted by molar-refractivity contribution is 0.341. The summed E-state index contributed by atoms with van der Waals surface area (Å²) >= 11 is 1.55. The molecule has 0 atom stereocenters. The van der Waals surface area contributed by atoms with Crippen molar-refractivity contribution in [2.75, 3.05) is 18.1 Å². The molecule has 2 aromatic rings. The van der Waals surface area contributed by atoms with Crippen LogP contribution in [0.15, 0.2) is 47.4 Å². The van der Waals surface area contributed by atoms with Crippen molar-refractivity contribution in [3.63, 3.8) is 0 Å². The van der Waals surface area contributed by atoms with Crippen LogP contribution in [-0.4, -0.2) is 12.4 Å². The van der Waals surface area contributed by atoms with Crippen molar-refractivity contribution in [1.29, 1.82) is 0 Å². The molecule has 2 N–H and O–H groups in total. The highest BCUT2D eigenvalue weighted by Gasteiger charge is 2.01. The molecule has 0 aliphatic heterocycles. The summed E-state index contributed by atoms with van der Waals surface area (Å²) in [7, 11) is 0. The van der Waals surface area contributed by atoms with Crippen molar-refractivity contribution in [2.45, 2.75) is 11.8 Å². The molecule has 2 rings (SSSR count). The fourth-order valence-electron chi connectivity index (χ4n) is 1.63. The first-order valence-corrected chi connectivity index (χ1v) is 7.01. The topological polar surface area (TPSA) is 35.2 Å². The van der Waals surface area contributed by atoms with Crippen LogP contribution in [0.4, 0.5) is 10.1 Å². The lowest BCUT2D eigenvalue weighted by Gasteiger charge is -2.08. The number of benzene rings is 2. The zero-order chi connectivity index (χ0) is 13.7. The molecule has 100 valence electrons. The largest absolute Gasteiger partial charge is 0.492 e. The van der Waals surface area contributed by atoms with Gasteiger partial charge in [0.25, 0.3) is 0 Å². The van der Waals surface area contributed by atoms with Crippen LogP contribution < -0.4 is 10.5 Å². The van der Waals surface area contributed by atoms with E-state index in [-0.39, 0.29) is 11.5 Å². The molecule has 0 spiro atoms. The number of halogens is 1. The van der Waals surface area contributed by atoms with Gasteiger partial charge in [0.05, 0.1) is 12.3 Å². The summed E-state index contributed by atoms with van der Waals surface area (Å²) in [5.41, 5.74) is 6.72. The molecule has 2 aromatic carbocycles. The van der Waals surface area contributed by atoms with Crippen molar-refractivity contribution < 1.29 is 9.13 Å². The SMILES string of the molecule is Cc1ccccc1OCCSc1ccc(N)c(F)c1. The molecule has 0 aliphatic rings. The molecule has 0 amide bonds. The summed E-state index contributed by atoms with van der Waals surface area (Å²) in [5.74, 6) is 1.29. The Morgan fingerprint density at radius 1 is 1.21 bits per heavy atom. The predicted molar refractivity (Wildman–Crippen MR) is 78.2 cm³/mol. The van der Waals surface area contributed by atoms with Crippen LogP contribution in [0.5, 0.6) is 5.75 Å². The normalized spacial score (nSPS) is 10.4. The van der Waals surface area contributed by atoms with Crippen LogP contribution in [0.3, 0.4) is 0 Å². The number of hydrogen-bond acceptors (Lipinski definition) is 3. The van der Waals surface area contributed by atoms with Crippen molar-refractivity contribution in [3.8, 4) is 5.75 Å². The molecule has 19 heavy (non-hydrogen) atoms. The maximum Gasteiger partial charge on any atom is 0.147 e. The summed E-state index contributed by atoms with van der Waals surface area (Å²) < 4.78 is 18.9. The first-order valence-electron chi connectivity index (χ1n) is 6.03. The van der Waals surface area contributed by atoms with Gasteiger partial charge in [0.15, 0.2) is 0 Å². The standard InChI is InChI=1S/C15H16FNOS/c1-11-4-2-3-5-15(11)18-8-9-19-12-6-7-14(17)13(16)10-12/h2-7,10H,8-9,17H2,1H3. The van der Waals surface area contributed by atoms with Gasteiger partial charge in [-0.05, 0) is 36.8 Å². The zero-order valence-electron chi connectivity index (χ0n) is 10.7. The Bertz CT molecular complexity index is 560. The molecule has 0 heterocycles. The van der Waals surface area contributed by atoms with Gasteiger partial charge in [0.2, 0.25) is 0 Å². The van der Waals surface area contributed by atoms with E-state index >= 15 is 0 Å². The van der Waals surface area contributed by atoms with E-state index in [9.17, 15) is 4.39 Å². The number of ether oxygens (including phenoxy) is 1. The van der Waals surface area contributed by atoms with Crippen molar-refractivity contribution >= 4 is 17.4 Å². The van der Waals surface area contributed by atoms with Crippen molar-refractivity contribution in [3.05, 3.63) is 53.8 Å². The average Bonchev–Trinajstić information content (AvgIpc) is 2.40. The summed E-state index contributed by atoms with van der Waals surface area (Å²) in [6, 6.07) is 12.7. The van der Waals surface area contributed by atoms with Gasteiger partial charge in [0.1, 0.15) is 11.6 Å². The number of nitrogen functional groups attached to an aromatic ring is 1. The minimum absolute atomic E-state index is 0.181. The van der Waals surface area contributed by atoms with Crippen molar-refractivity contribution in [2.24, 2.45) is 0 Å². The van der Waals surface area contributed by atoms with E-state index in [0.29, 0.717) is 6.61 Å². The fourth-order valence-corrected chi connectivity index (χ4v) is 2.38. The van der Waals surface area contributed by atoms with Gasteiger partial charge in [0, 0.05) is 10.6 Å². The zero-order valence-corrected chi connectivity index (χ0v) is 11.5. The van der Waals surface area contributed by atoms with E-state index in [0.717, 1.165) is 22.0 Å². The molecular weight excluding hydrogens is 261 g/mol. The third-order valence-corrected chi connectivity index (χ3v) is 3.63. The van der Waals surface area contributed by atoms with E-state index in [2.05, 4.69) is 0 Å². The number of nitrogens with two attached hydrogens (primary N) is 1. The Hall–Kier alpha value is -1.68. The minimum Gasteiger partial charge on any atom is -0.492 e.